The molecular formula is C20H29N3O3. The first kappa shape index (κ1) is 18.7. The fraction of sp³-hybridized carbons (Fsp3) is 0.600. The lowest BCUT2D eigenvalue weighted by Gasteiger charge is -2.44. The summed E-state index contributed by atoms with van der Waals surface area (Å²) in [7, 11) is 0. The van der Waals surface area contributed by atoms with Gasteiger partial charge >= 0.3 is 6.09 Å². The highest BCUT2D eigenvalue weighted by Crippen LogP contribution is 2.29. The summed E-state index contributed by atoms with van der Waals surface area (Å²) in [5.41, 5.74) is 0.552. The second-order valence-electron chi connectivity index (χ2n) is 8.04. The summed E-state index contributed by atoms with van der Waals surface area (Å²) in [6.07, 6.45) is 1.47. The number of carbonyl (C=O) groups is 2. The van der Waals surface area contributed by atoms with Crippen molar-refractivity contribution in [3.05, 3.63) is 35.9 Å². The number of benzene rings is 1. The quantitative estimate of drug-likeness (QED) is 0.882. The first-order chi connectivity index (χ1) is 12.3. The molecule has 6 heteroatoms. The van der Waals surface area contributed by atoms with Gasteiger partial charge in [0.05, 0.1) is 0 Å². The van der Waals surface area contributed by atoms with Gasteiger partial charge in [-0.2, -0.15) is 0 Å². The van der Waals surface area contributed by atoms with Crippen LogP contribution >= 0.6 is 0 Å². The average molecular weight is 359 g/mol. The van der Waals surface area contributed by atoms with Crippen LogP contribution in [0.1, 0.15) is 45.2 Å². The molecule has 1 N–H and O–H groups in total. The second-order valence-corrected chi connectivity index (χ2v) is 8.04. The molecule has 1 aromatic rings. The minimum Gasteiger partial charge on any atom is -0.444 e. The summed E-state index contributed by atoms with van der Waals surface area (Å²) in [4.78, 5) is 28.9. The van der Waals surface area contributed by atoms with Crippen LogP contribution in [0, 0.1) is 0 Å². The van der Waals surface area contributed by atoms with Gasteiger partial charge in [-0.05, 0) is 39.2 Å². The largest absolute Gasteiger partial charge is 0.444 e. The van der Waals surface area contributed by atoms with Crippen LogP contribution in [-0.2, 0) is 9.53 Å². The first-order valence-corrected chi connectivity index (χ1v) is 9.41. The van der Waals surface area contributed by atoms with Crippen molar-refractivity contribution in [3.8, 4) is 0 Å². The maximum Gasteiger partial charge on any atom is 0.410 e. The van der Waals surface area contributed by atoms with E-state index in [1.807, 2.05) is 51.1 Å². The number of rotatable bonds is 2. The zero-order chi connectivity index (χ0) is 18.7. The van der Waals surface area contributed by atoms with Gasteiger partial charge in [0.1, 0.15) is 11.6 Å². The SMILES string of the molecule is CC(C)(C)OC(=O)N1CCC(N2CCNC(=O)C2c2ccccc2)CC1. The molecule has 0 aliphatic carbocycles. The minimum atomic E-state index is -0.475. The van der Waals surface area contributed by atoms with Crippen LogP contribution in [0.15, 0.2) is 30.3 Å². The average Bonchev–Trinajstić information content (AvgIpc) is 2.61. The van der Waals surface area contributed by atoms with Crippen molar-refractivity contribution in [2.75, 3.05) is 26.2 Å². The number of ether oxygens (including phenoxy) is 1. The van der Waals surface area contributed by atoms with E-state index >= 15 is 0 Å². The number of amides is 2. The van der Waals surface area contributed by atoms with Gasteiger partial charge in [-0.15, -0.1) is 0 Å². The van der Waals surface area contributed by atoms with Crippen molar-refractivity contribution in [1.29, 1.82) is 0 Å². The van der Waals surface area contributed by atoms with E-state index in [1.165, 1.54) is 0 Å². The Balaban J connectivity index is 1.66. The highest BCUT2D eigenvalue weighted by Gasteiger charge is 2.37. The molecule has 26 heavy (non-hydrogen) atoms. The number of hydrogen-bond acceptors (Lipinski definition) is 4. The molecule has 2 heterocycles. The third-order valence-electron chi connectivity index (χ3n) is 4.95. The Morgan fingerprint density at radius 1 is 1.12 bits per heavy atom. The van der Waals surface area contributed by atoms with Crippen LogP contribution in [0.25, 0.3) is 0 Å². The Labute approximate surface area is 155 Å². The van der Waals surface area contributed by atoms with E-state index in [4.69, 9.17) is 4.74 Å². The zero-order valence-electron chi connectivity index (χ0n) is 15.9. The minimum absolute atomic E-state index is 0.0667. The third-order valence-corrected chi connectivity index (χ3v) is 4.95. The fourth-order valence-corrected chi connectivity index (χ4v) is 3.76. The monoisotopic (exact) mass is 359 g/mol. The van der Waals surface area contributed by atoms with Gasteiger partial charge in [-0.25, -0.2) is 4.79 Å². The van der Waals surface area contributed by atoms with Crippen LogP contribution in [0.4, 0.5) is 4.79 Å². The van der Waals surface area contributed by atoms with E-state index in [-0.39, 0.29) is 18.0 Å². The number of likely N-dealkylation sites (tertiary alicyclic amines) is 1. The van der Waals surface area contributed by atoms with Crippen LogP contribution in [-0.4, -0.2) is 59.6 Å². The molecule has 2 fully saturated rings. The smallest absolute Gasteiger partial charge is 0.410 e. The predicted molar refractivity (Wildman–Crippen MR) is 99.7 cm³/mol. The summed E-state index contributed by atoms with van der Waals surface area (Å²) < 4.78 is 5.47. The van der Waals surface area contributed by atoms with Gasteiger partial charge in [0.15, 0.2) is 0 Å². The molecule has 0 spiro atoms. The second kappa shape index (κ2) is 7.66. The summed E-state index contributed by atoms with van der Waals surface area (Å²) in [6.45, 7) is 8.49. The van der Waals surface area contributed by atoms with E-state index in [0.29, 0.717) is 25.7 Å². The molecule has 1 unspecified atom stereocenters. The van der Waals surface area contributed by atoms with Crippen LogP contribution in [0.3, 0.4) is 0 Å². The molecular weight excluding hydrogens is 330 g/mol. The van der Waals surface area contributed by atoms with Crippen molar-refractivity contribution in [2.24, 2.45) is 0 Å². The summed E-state index contributed by atoms with van der Waals surface area (Å²) in [6, 6.07) is 9.99. The third kappa shape index (κ3) is 4.36. The number of piperazine rings is 1. The molecule has 6 nitrogen and oxygen atoms in total. The van der Waals surface area contributed by atoms with Gasteiger partial charge in [0.2, 0.25) is 5.91 Å². The number of nitrogens with zero attached hydrogens (tertiary/aromatic N) is 2. The molecule has 0 bridgehead atoms. The molecule has 142 valence electrons. The zero-order valence-corrected chi connectivity index (χ0v) is 15.9. The van der Waals surface area contributed by atoms with Crippen LogP contribution in [0.5, 0.6) is 0 Å². The highest BCUT2D eigenvalue weighted by atomic mass is 16.6. The normalized spacial score (nSPS) is 22.8. The van der Waals surface area contributed by atoms with Crippen molar-refractivity contribution < 1.29 is 14.3 Å². The maximum absolute atomic E-state index is 12.5. The lowest BCUT2D eigenvalue weighted by atomic mass is 9.96. The van der Waals surface area contributed by atoms with E-state index < -0.39 is 5.60 Å². The van der Waals surface area contributed by atoms with Gasteiger partial charge in [-0.1, -0.05) is 30.3 Å². The molecule has 0 aromatic heterocycles. The van der Waals surface area contributed by atoms with E-state index in [1.54, 1.807) is 4.90 Å². The van der Waals surface area contributed by atoms with Crippen molar-refractivity contribution in [3.63, 3.8) is 0 Å². The van der Waals surface area contributed by atoms with Gasteiger partial charge < -0.3 is 15.0 Å². The lowest BCUT2D eigenvalue weighted by Crippen LogP contribution is -2.56. The fourth-order valence-electron chi connectivity index (χ4n) is 3.76. The Morgan fingerprint density at radius 2 is 1.77 bits per heavy atom. The number of hydrogen-bond donors (Lipinski definition) is 1. The molecule has 1 atom stereocenters. The molecule has 1 aromatic carbocycles. The lowest BCUT2D eigenvalue weighted by molar-refractivity contribution is -0.131. The van der Waals surface area contributed by atoms with Crippen LogP contribution < -0.4 is 5.32 Å². The van der Waals surface area contributed by atoms with Gasteiger partial charge in [0.25, 0.3) is 0 Å². The number of nitrogens with one attached hydrogen (secondary N) is 1. The van der Waals surface area contributed by atoms with Crippen molar-refractivity contribution >= 4 is 12.0 Å². The molecule has 0 saturated carbocycles. The Bertz CT molecular complexity index is 633. The molecule has 2 amide bonds. The van der Waals surface area contributed by atoms with E-state index in [9.17, 15) is 9.59 Å². The molecule has 3 rings (SSSR count). The Kier molecular flexibility index (Phi) is 5.51. The Morgan fingerprint density at radius 3 is 2.38 bits per heavy atom. The highest BCUT2D eigenvalue weighted by molar-refractivity contribution is 5.84. The molecule has 2 aliphatic rings. The van der Waals surface area contributed by atoms with Crippen LogP contribution in [0.2, 0.25) is 0 Å². The summed E-state index contributed by atoms with van der Waals surface area (Å²) in [5, 5.41) is 2.99. The molecule has 2 aliphatic heterocycles. The first-order valence-electron chi connectivity index (χ1n) is 9.41. The standard InChI is InChI=1S/C20H29N3O3/c1-20(2,3)26-19(25)22-12-9-16(10-13-22)23-14-11-21-18(24)17(23)15-7-5-4-6-8-15/h4-8,16-17H,9-14H2,1-3H3,(H,21,24). The van der Waals surface area contributed by atoms with Crippen molar-refractivity contribution in [1.82, 2.24) is 15.1 Å². The number of piperidine rings is 1. The molecule has 0 radical (unpaired) electrons. The van der Waals surface area contributed by atoms with E-state index in [2.05, 4.69) is 10.2 Å². The molecule has 2 saturated heterocycles. The summed E-state index contributed by atoms with van der Waals surface area (Å²) in [5.74, 6) is 0.0667. The van der Waals surface area contributed by atoms with Gasteiger partial charge in [0, 0.05) is 32.2 Å². The Hall–Kier alpha value is -2.08. The maximum atomic E-state index is 12.5. The predicted octanol–water partition coefficient (Wildman–Crippen LogP) is 2.56. The van der Waals surface area contributed by atoms with Crippen molar-refractivity contribution in [2.45, 2.75) is 51.3 Å². The van der Waals surface area contributed by atoms with E-state index in [0.717, 1.165) is 24.9 Å². The summed E-state index contributed by atoms with van der Waals surface area (Å²) >= 11 is 0. The topological polar surface area (TPSA) is 61.9 Å². The number of carbonyl (C=O) groups excluding carboxylic acids is 2. The van der Waals surface area contributed by atoms with Gasteiger partial charge in [-0.3, -0.25) is 9.69 Å².